The molecule has 0 aliphatic carbocycles. The number of carbonyl (C=O) groups is 2. The molecular formula is C20H25N3O2. The molecule has 0 saturated heterocycles. The standard InChI is InChI=1S/C20H25N3O2/c1-5-14(2)21-19(24)15-6-8-16(9-7-15)20(25)22-17-10-12-18(13-11-17)23(3)4/h6-14H,5H2,1-4H3,(H,21,24)(H,22,25). The van der Waals surface area contributed by atoms with E-state index in [1.807, 2.05) is 57.1 Å². The molecule has 0 heterocycles. The fraction of sp³-hybridized carbons (Fsp3) is 0.300. The molecule has 25 heavy (non-hydrogen) atoms. The number of nitrogens with zero attached hydrogens (tertiary/aromatic N) is 1. The molecule has 2 N–H and O–H groups in total. The maximum absolute atomic E-state index is 12.3. The highest BCUT2D eigenvalue weighted by atomic mass is 16.2. The number of anilines is 2. The third-order valence-electron chi connectivity index (χ3n) is 4.04. The van der Waals surface area contributed by atoms with Gasteiger partial charge >= 0.3 is 0 Å². The van der Waals surface area contributed by atoms with Crippen molar-refractivity contribution in [2.45, 2.75) is 26.3 Å². The van der Waals surface area contributed by atoms with Gasteiger partial charge in [0.2, 0.25) is 0 Å². The maximum atomic E-state index is 12.3. The van der Waals surface area contributed by atoms with Gasteiger partial charge in [0.15, 0.2) is 0 Å². The summed E-state index contributed by atoms with van der Waals surface area (Å²) in [5, 5.41) is 5.76. The number of amides is 2. The van der Waals surface area contributed by atoms with E-state index in [0.717, 1.165) is 17.8 Å². The Morgan fingerprint density at radius 2 is 1.44 bits per heavy atom. The lowest BCUT2D eigenvalue weighted by molar-refractivity contribution is 0.0937. The Labute approximate surface area is 149 Å². The van der Waals surface area contributed by atoms with Crippen LogP contribution in [0.2, 0.25) is 0 Å². The monoisotopic (exact) mass is 339 g/mol. The van der Waals surface area contributed by atoms with E-state index in [2.05, 4.69) is 10.6 Å². The van der Waals surface area contributed by atoms with E-state index < -0.39 is 0 Å². The number of rotatable bonds is 6. The second kappa shape index (κ2) is 8.33. The number of carbonyl (C=O) groups excluding carboxylic acids is 2. The van der Waals surface area contributed by atoms with Crippen LogP contribution >= 0.6 is 0 Å². The summed E-state index contributed by atoms with van der Waals surface area (Å²) in [6.07, 6.45) is 0.874. The van der Waals surface area contributed by atoms with E-state index in [0.29, 0.717) is 11.1 Å². The van der Waals surface area contributed by atoms with Crippen LogP contribution in [0.4, 0.5) is 11.4 Å². The molecule has 0 fully saturated rings. The van der Waals surface area contributed by atoms with Crippen molar-refractivity contribution in [3.8, 4) is 0 Å². The summed E-state index contributed by atoms with van der Waals surface area (Å²) in [6.45, 7) is 3.98. The molecule has 0 spiro atoms. The first-order chi connectivity index (χ1) is 11.9. The third kappa shape index (κ3) is 5.08. The maximum Gasteiger partial charge on any atom is 0.255 e. The fourth-order valence-corrected chi connectivity index (χ4v) is 2.23. The lowest BCUT2D eigenvalue weighted by atomic mass is 10.1. The Bertz CT molecular complexity index is 722. The Hall–Kier alpha value is -2.82. The average molecular weight is 339 g/mol. The molecule has 0 saturated carbocycles. The first-order valence-electron chi connectivity index (χ1n) is 8.40. The van der Waals surface area contributed by atoms with Gasteiger partial charge in [-0.2, -0.15) is 0 Å². The van der Waals surface area contributed by atoms with Crippen LogP contribution in [0.5, 0.6) is 0 Å². The Kier molecular flexibility index (Phi) is 6.17. The molecule has 0 aromatic heterocycles. The first-order valence-corrected chi connectivity index (χ1v) is 8.40. The van der Waals surface area contributed by atoms with Gasteiger partial charge in [-0.15, -0.1) is 0 Å². The molecule has 2 aromatic rings. The molecule has 0 bridgehead atoms. The van der Waals surface area contributed by atoms with Crippen LogP contribution in [0.1, 0.15) is 41.0 Å². The molecule has 1 unspecified atom stereocenters. The molecule has 2 rings (SSSR count). The summed E-state index contributed by atoms with van der Waals surface area (Å²) < 4.78 is 0. The van der Waals surface area contributed by atoms with Gasteiger partial charge in [-0.3, -0.25) is 9.59 Å². The topological polar surface area (TPSA) is 61.4 Å². The quantitative estimate of drug-likeness (QED) is 0.846. The normalized spacial score (nSPS) is 11.5. The van der Waals surface area contributed by atoms with Gasteiger partial charge in [-0.05, 0) is 61.9 Å². The zero-order valence-electron chi connectivity index (χ0n) is 15.2. The molecule has 2 amide bonds. The van der Waals surface area contributed by atoms with Crippen molar-refractivity contribution in [1.29, 1.82) is 0 Å². The van der Waals surface area contributed by atoms with E-state index in [1.54, 1.807) is 24.3 Å². The van der Waals surface area contributed by atoms with Crippen molar-refractivity contribution >= 4 is 23.2 Å². The molecule has 1 atom stereocenters. The van der Waals surface area contributed by atoms with Crippen LogP contribution in [0.15, 0.2) is 48.5 Å². The van der Waals surface area contributed by atoms with Gasteiger partial charge in [0.25, 0.3) is 11.8 Å². The highest BCUT2D eigenvalue weighted by Crippen LogP contribution is 2.16. The molecule has 132 valence electrons. The van der Waals surface area contributed by atoms with Gasteiger partial charge in [0.1, 0.15) is 0 Å². The van der Waals surface area contributed by atoms with Crippen LogP contribution in [0.3, 0.4) is 0 Å². The SMILES string of the molecule is CCC(C)NC(=O)c1ccc(C(=O)Nc2ccc(N(C)C)cc2)cc1. The van der Waals surface area contributed by atoms with Crippen molar-refractivity contribution in [3.05, 3.63) is 59.7 Å². The third-order valence-corrected chi connectivity index (χ3v) is 4.04. The minimum atomic E-state index is -0.202. The van der Waals surface area contributed by atoms with Crippen LogP contribution < -0.4 is 15.5 Å². The lowest BCUT2D eigenvalue weighted by Gasteiger charge is -2.13. The number of hydrogen-bond acceptors (Lipinski definition) is 3. The second-order valence-electron chi connectivity index (χ2n) is 6.26. The summed E-state index contributed by atoms with van der Waals surface area (Å²) in [6, 6.07) is 14.4. The van der Waals surface area contributed by atoms with Crippen LogP contribution in [-0.4, -0.2) is 32.0 Å². The van der Waals surface area contributed by atoms with Crippen molar-refractivity contribution < 1.29 is 9.59 Å². The Morgan fingerprint density at radius 3 is 1.92 bits per heavy atom. The van der Waals surface area contributed by atoms with Gasteiger partial charge in [0, 0.05) is 42.6 Å². The summed E-state index contributed by atoms with van der Waals surface area (Å²) in [7, 11) is 3.93. The number of benzene rings is 2. The zero-order valence-corrected chi connectivity index (χ0v) is 15.2. The van der Waals surface area contributed by atoms with Crippen LogP contribution in [-0.2, 0) is 0 Å². The predicted molar refractivity (Wildman–Crippen MR) is 102 cm³/mol. The van der Waals surface area contributed by atoms with Gasteiger partial charge in [0.05, 0.1) is 0 Å². The van der Waals surface area contributed by atoms with Crippen LogP contribution in [0, 0.1) is 0 Å². The van der Waals surface area contributed by atoms with Crippen molar-refractivity contribution in [3.63, 3.8) is 0 Å². The van der Waals surface area contributed by atoms with E-state index in [4.69, 9.17) is 0 Å². The Balaban J connectivity index is 2.01. The number of hydrogen-bond donors (Lipinski definition) is 2. The summed E-state index contributed by atoms with van der Waals surface area (Å²) in [4.78, 5) is 26.4. The van der Waals surface area contributed by atoms with Crippen molar-refractivity contribution in [2.75, 3.05) is 24.3 Å². The van der Waals surface area contributed by atoms with Crippen molar-refractivity contribution in [1.82, 2.24) is 5.32 Å². The lowest BCUT2D eigenvalue weighted by Crippen LogP contribution is -2.31. The minimum Gasteiger partial charge on any atom is -0.378 e. The highest BCUT2D eigenvalue weighted by Gasteiger charge is 2.11. The van der Waals surface area contributed by atoms with Gasteiger partial charge in [-0.25, -0.2) is 0 Å². The summed E-state index contributed by atoms with van der Waals surface area (Å²) in [5.41, 5.74) is 2.85. The minimum absolute atomic E-state index is 0.124. The van der Waals surface area contributed by atoms with E-state index >= 15 is 0 Å². The van der Waals surface area contributed by atoms with E-state index in [1.165, 1.54) is 0 Å². The van der Waals surface area contributed by atoms with E-state index in [9.17, 15) is 9.59 Å². The fourth-order valence-electron chi connectivity index (χ4n) is 2.23. The average Bonchev–Trinajstić information content (AvgIpc) is 2.62. The summed E-state index contributed by atoms with van der Waals surface area (Å²) in [5.74, 6) is -0.327. The van der Waals surface area contributed by atoms with Gasteiger partial charge < -0.3 is 15.5 Å². The zero-order chi connectivity index (χ0) is 18.4. The molecule has 0 aliphatic heterocycles. The van der Waals surface area contributed by atoms with Crippen molar-refractivity contribution in [2.24, 2.45) is 0 Å². The molecule has 2 aromatic carbocycles. The largest absolute Gasteiger partial charge is 0.378 e. The highest BCUT2D eigenvalue weighted by molar-refractivity contribution is 6.05. The number of nitrogens with one attached hydrogen (secondary N) is 2. The molecule has 5 heteroatoms. The second-order valence-corrected chi connectivity index (χ2v) is 6.26. The van der Waals surface area contributed by atoms with E-state index in [-0.39, 0.29) is 17.9 Å². The molecule has 5 nitrogen and oxygen atoms in total. The predicted octanol–water partition coefficient (Wildman–Crippen LogP) is 3.53. The first kappa shape index (κ1) is 18.5. The smallest absolute Gasteiger partial charge is 0.255 e. The van der Waals surface area contributed by atoms with Crippen LogP contribution in [0.25, 0.3) is 0 Å². The molecule has 0 radical (unpaired) electrons. The van der Waals surface area contributed by atoms with Gasteiger partial charge in [-0.1, -0.05) is 6.92 Å². The Morgan fingerprint density at radius 1 is 0.920 bits per heavy atom. The molecule has 0 aliphatic rings. The summed E-state index contributed by atoms with van der Waals surface area (Å²) >= 11 is 0. The molecular weight excluding hydrogens is 314 g/mol.